The first-order chi connectivity index (χ1) is 9.47. The zero-order valence-electron chi connectivity index (χ0n) is 11.9. The molecule has 1 atom stereocenters. The van der Waals surface area contributed by atoms with E-state index in [-0.39, 0.29) is 23.2 Å². The van der Waals surface area contributed by atoms with Crippen LogP contribution in [0.2, 0.25) is 0 Å². The van der Waals surface area contributed by atoms with Crippen LogP contribution < -0.4 is 5.32 Å². The summed E-state index contributed by atoms with van der Waals surface area (Å²) in [6, 6.07) is 4.87. The fraction of sp³-hybridized carbons (Fsp3) is 0.500. The molecular weight excluding hydrogens is 258 g/mol. The summed E-state index contributed by atoms with van der Waals surface area (Å²) in [5.41, 5.74) is 0.333. The van der Waals surface area contributed by atoms with Crippen LogP contribution in [0.3, 0.4) is 0 Å². The number of anilines is 1. The number of benzene rings is 1. The lowest BCUT2D eigenvalue weighted by molar-refractivity contribution is -0.384. The van der Waals surface area contributed by atoms with Crippen LogP contribution in [0.4, 0.5) is 11.4 Å². The van der Waals surface area contributed by atoms with E-state index in [9.17, 15) is 14.9 Å². The minimum atomic E-state index is -0.505. The summed E-state index contributed by atoms with van der Waals surface area (Å²) >= 11 is 0. The van der Waals surface area contributed by atoms with Crippen molar-refractivity contribution in [3.05, 3.63) is 33.9 Å². The molecule has 1 aliphatic rings. The molecule has 1 fully saturated rings. The van der Waals surface area contributed by atoms with E-state index in [2.05, 4.69) is 5.32 Å². The Bertz CT molecular complexity index is 540. The van der Waals surface area contributed by atoms with Crippen LogP contribution in [0.1, 0.15) is 30.1 Å². The molecule has 0 spiro atoms. The van der Waals surface area contributed by atoms with Gasteiger partial charge in [-0.15, -0.1) is 0 Å². The predicted molar refractivity (Wildman–Crippen MR) is 76.9 cm³/mol. The third-order valence-electron chi connectivity index (χ3n) is 3.95. The summed E-state index contributed by atoms with van der Waals surface area (Å²) in [4.78, 5) is 24.9. The fourth-order valence-electron chi connectivity index (χ4n) is 2.38. The summed E-state index contributed by atoms with van der Waals surface area (Å²) < 4.78 is 0. The number of hydrogen-bond donors (Lipinski definition) is 1. The van der Waals surface area contributed by atoms with E-state index in [1.165, 1.54) is 6.07 Å². The summed E-state index contributed by atoms with van der Waals surface area (Å²) in [5.74, 6) is 0.226. The van der Waals surface area contributed by atoms with E-state index in [1.54, 1.807) is 31.1 Å². The zero-order chi connectivity index (χ0) is 14.9. The second-order valence-electron chi connectivity index (χ2n) is 5.20. The van der Waals surface area contributed by atoms with Crippen molar-refractivity contribution < 1.29 is 9.72 Å². The molecule has 6 nitrogen and oxygen atoms in total. The van der Waals surface area contributed by atoms with Crippen molar-refractivity contribution in [1.29, 1.82) is 0 Å². The first kappa shape index (κ1) is 14.3. The molecule has 1 saturated carbocycles. The van der Waals surface area contributed by atoms with Gasteiger partial charge in [-0.05, 0) is 37.8 Å². The fourth-order valence-corrected chi connectivity index (χ4v) is 2.38. The molecule has 1 unspecified atom stereocenters. The van der Waals surface area contributed by atoms with Gasteiger partial charge < -0.3 is 10.2 Å². The average Bonchev–Trinajstić information content (AvgIpc) is 3.28. The summed E-state index contributed by atoms with van der Waals surface area (Å²) in [5, 5.41) is 14.0. The van der Waals surface area contributed by atoms with Crippen LogP contribution in [0.15, 0.2) is 18.2 Å². The Morgan fingerprint density at radius 1 is 1.50 bits per heavy atom. The molecule has 1 N–H and O–H groups in total. The van der Waals surface area contributed by atoms with Crippen molar-refractivity contribution in [3.63, 3.8) is 0 Å². The van der Waals surface area contributed by atoms with Gasteiger partial charge in [0.1, 0.15) is 11.3 Å². The zero-order valence-corrected chi connectivity index (χ0v) is 11.9. The van der Waals surface area contributed by atoms with Gasteiger partial charge in [-0.2, -0.15) is 0 Å². The molecule has 1 amide bonds. The molecule has 2 rings (SSSR count). The van der Waals surface area contributed by atoms with Gasteiger partial charge in [0.05, 0.1) is 4.92 Å². The van der Waals surface area contributed by atoms with Crippen molar-refractivity contribution in [2.75, 3.05) is 19.4 Å². The predicted octanol–water partition coefficient (Wildman–Crippen LogP) is 2.51. The smallest absolute Gasteiger partial charge is 0.305 e. The third-order valence-corrected chi connectivity index (χ3v) is 3.95. The monoisotopic (exact) mass is 277 g/mol. The Hall–Kier alpha value is -2.11. The van der Waals surface area contributed by atoms with Gasteiger partial charge in [-0.1, -0.05) is 6.07 Å². The normalized spacial score (nSPS) is 15.6. The van der Waals surface area contributed by atoms with Crippen molar-refractivity contribution in [2.24, 2.45) is 5.92 Å². The van der Waals surface area contributed by atoms with Crippen molar-refractivity contribution >= 4 is 17.3 Å². The lowest BCUT2D eigenvalue weighted by atomic mass is 10.1. The number of amides is 1. The minimum absolute atomic E-state index is 0.111. The van der Waals surface area contributed by atoms with E-state index in [1.807, 2.05) is 6.92 Å². The summed E-state index contributed by atoms with van der Waals surface area (Å²) in [6.07, 6.45) is 2.24. The second-order valence-corrected chi connectivity index (χ2v) is 5.20. The molecule has 1 aromatic carbocycles. The number of hydrogen-bond acceptors (Lipinski definition) is 4. The van der Waals surface area contributed by atoms with E-state index in [4.69, 9.17) is 0 Å². The molecule has 0 bridgehead atoms. The maximum absolute atomic E-state index is 12.5. The average molecular weight is 277 g/mol. The largest absolute Gasteiger partial charge is 0.383 e. The number of carbonyl (C=O) groups is 1. The number of para-hydroxylation sites is 1. The second kappa shape index (κ2) is 5.48. The van der Waals surface area contributed by atoms with Crippen LogP contribution in [-0.2, 0) is 0 Å². The highest BCUT2D eigenvalue weighted by Crippen LogP contribution is 2.36. The van der Waals surface area contributed by atoms with Crippen molar-refractivity contribution in [2.45, 2.75) is 25.8 Å². The van der Waals surface area contributed by atoms with Crippen LogP contribution in [-0.4, -0.2) is 35.9 Å². The molecule has 0 heterocycles. The summed E-state index contributed by atoms with van der Waals surface area (Å²) in [7, 11) is 3.31. The number of nitrogens with zero attached hydrogens (tertiary/aromatic N) is 2. The van der Waals surface area contributed by atoms with Gasteiger partial charge in [-0.3, -0.25) is 14.9 Å². The molecule has 6 heteroatoms. The van der Waals surface area contributed by atoms with Crippen LogP contribution >= 0.6 is 0 Å². The molecule has 1 aliphatic carbocycles. The van der Waals surface area contributed by atoms with Crippen LogP contribution in [0.5, 0.6) is 0 Å². The maximum Gasteiger partial charge on any atom is 0.305 e. The van der Waals surface area contributed by atoms with Crippen molar-refractivity contribution in [1.82, 2.24) is 4.90 Å². The topological polar surface area (TPSA) is 75.5 Å². The molecule has 20 heavy (non-hydrogen) atoms. The lowest BCUT2D eigenvalue weighted by Gasteiger charge is -2.25. The SMILES string of the molecule is CNc1cccc(C(=O)N(C)C(C)C2CC2)c1[N+](=O)[O-]. The molecule has 0 radical (unpaired) electrons. The number of nitrogens with one attached hydrogen (secondary N) is 1. The van der Waals surface area contributed by atoms with E-state index < -0.39 is 4.92 Å². The lowest BCUT2D eigenvalue weighted by Crippen LogP contribution is -2.36. The highest BCUT2D eigenvalue weighted by atomic mass is 16.6. The van der Waals surface area contributed by atoms with Gasteiger partial charge in [0.25, 0.3) is 5.91 Å². The standard InChI is InChI=1S/C14H19N3O3/c1-9(10-7-8-10)16(3)14(18)11-5-4-6-12(15-2)13(11)17(19)20/h4-6,9-10,15H,7-8H2,1-3H3. The molecule has 0 aliphatic heterocycles. The molecule has 0 saturated heterocycles. The first-order valence-corrected chi connectivity index (χ1v) is 6.69. The van der Waals surface area contributed by atoms with Crippen molar-refractivity contribution in [3.8, 4) is 0 Å². The van der Waals surface area contributed by atoms with Gasteiger partial charge in [0, 0.05) is 20.1 Å². The molecule has 108 valence electrons. The highest BCUT2D eigenvalue weighted by Gasteiger charge is 2.35. The van der Waals surface area contributed by atoms with Gasteiger partial charge >= 0.3 is 5.69 Å². The van der Waals surface area contributed by atoms with Gasteiger partial charge in [0.2, 0.25) is 0 Å². The number of rotatable bonds is 5. The quantitative estimate of drug-likeness (QED) is 0.662. The molecule has 0 aromatic heterocycles. The highest BCUT2D eigenvalue weighted by molar-refractivity contribution is 6.00. The Morgan fingerprint density at radius 2 is 2.15 bits per heavy atom. The number of carbonyl (C=O) groups excluding carboxylic acids is 1. The first-order valence-electron chi connectivity index (χ1n) is 6.69. The molecule has 1 aromatic rings. The van der Waals surface area contributed by atoms with Crippen LogP contribution in [0, 0.1) is 16.0 Å². The maximum atomic E-state index is 12.5. The summed E-state index contributed by atoms with van der Waals surface area (Å²) in [6.45, 7) is 1.99. The van der Waals surface area contributed by atoms with E-state index in [0.717, 1.165) is 12.8 Å². The van der Waals surface area contributed by atoms with E-state index >= 15 is 0 Å². The van der Waals surface area contributed by atoms with Crippen LogP contribution in [0.25, 0.3) is 0 Å². The molecular formula is C14H19N3O3. The third kappa shape index (κ3) is 2.59. The number of nitro benzene ring substituents is 1. The Morgan fingerprint density at radius 3 is 2.65 bits per heavy atom. The van der Waals surface area contributed by atoms with Gasteiger partial charge in [0.15, 0.2) is 0 Å². The van der Waals surface area contributed by atoms with E-state index in [0.29, 0.717) is 11.6 Å². The minimum Gasteiger partial charge on any atom is -0.383 e. The Balaban J connectivity index is 2.35. The Kier molecular flexibility index (Phi) is 3.92. The van der Waals surface area contributed by atoms with Gasteiger partial charge in [-0.25, -0.2) is 0 Å². The number of nitro groups is 1. The Labute approximate surface area is 117 Å².